The first kappa shape index (κ1) is 17.3. The number of anilines is 1. The molecule has 1 aromatic carbocycles. The number of morpholine rings is 1. The standard InChI is InChI=1S/C18H19ClN4O2/c19-14-3-1-13(2-4-14)9-17-16(21)10-15(11-20)23(17)12-18(24)22-5-7-25-8-6-22/h1-4,10H,5-9,12,21H2. The second kappa shape index (κ2) is 7.60. The number of amides is 1. The van der Waals surface area contributed by atoms with E-state index in [1.54, 1.807) is 15.5 Å². The number of benzene rings is 1. The van der Waals surface area contributed by atoms with E-state index in [0.717, 1.165) is 11.3 Å². The maximum absolute atomic E-state index is 12.6. The van der Waals surface area contributed by atoms with E-state index in [1.165, 1.54) is 0 Å². The van der Waals surface area contributed by atoms with Crippen molar-refractivity contribution in [1.82, 2.24) is 9.47 Å². The van der Waals surface area contributed by atoms with Crippen LogP contribution in [0.3, 0.4) is 0 Å². The molecule has 0 spiro atoms. The molecule has 0 radical (unpaired) electrons. The molecule has 2 N–H and O–H groups in total. The van der Waals surface area contributed by atoms with Crippen molar-refractivity contribution in [2.24, 2.45) is 0 Å². The molecule has 0 aliphatic carbocycles. The van der Waals surface area contributed by atoms with Crippen molar-refractivity contribution >= 4 is 23.2 Å². The molecule has 3 rings (SSSR count). The number of ether oxygens (including phenoxy) is 1. The number of halogens is 1. The Bertz CT molecular complexity index is 802. The summed E-state index contributed by atoms with van der Waals surface area (Å²) in [5.41, 5.74) is 8.79. The lowest BCUT2D eigenvalue weighted by Gasteiger charge is -2.27. The number of carbonyl (C=O) groups excluding carboxylic acids is 1. The quantitative estimate of drug-likeness (QED) is 0.906. The summed E-state index contributed by atoms with van der Waals surface area (Å²) in [6.45, 7) is 2.33. The highest BCUT2D eigenvalue weighted by atomic mass is 35.5. The van der Waals surface area contributed by atoms with Crippen molar-refractivity contribution in [3.8, 4) is 6.07 Å². The number of nitrogen functional groups attached to an aromatic ring is 1. The number of carbonyl (C=O) groups is 1. The van der Waals surface area contributed by atoms with Crippen molar-refractivity contribution in [2.75, 3.05) is 32.0 Å². The molecule has 25 heavy (non-hydrogen) atoms. The predicted molar refractivity (Wildman–Crippen MR) is 95.2 cm³/mol. The smallest absolute Gasteiger partial charge is 0.242 e. The Morgan fingerprint density at radius 2 is 1.96 bits per heavy atom. The number of aromatic nitrogens is 1. The first-order valence-electron chi connectivity index (χ1n) is 8.06. The molecule has 1 saturated heterocycles. The van der Waals surface area contributed by atoms with Gasteiger partial charge in [0.25, 0.3) is 0 Å². The number of nitriles is 1. The highest BCUT2D eigenvalue weighted by Crippen LogP contribution is 2.23. The fourth-order valence-electron chi connectivity index (χ4n) is 2.92. The molecular formula is C18H19ClN4O2. The van der Waals surface area contributed by atoms with Crippen LogP contribution in [0.25, 0.3) is 0 Å². The molecule has 1 fully saturated rings. The van der Waals surface area contributed by atoms with Crippen LogP contribution < -0.4 is 5.73 Å². The van der Waals surface area contributed by atoms with Gasteiger partial charge in [-0.3, -0.25) is 4.79 Å². The number of hydrogen-bond acceptors (Lipinski definition) is 4. The monoisotopic (exact) mass is 358 g/mol. The zero-order chi connectivity index (χ0) is 17.8. The van der Waals surface area contributed by atoms with Gasteiger partial charge in [-0.05, 0) is 23.8 Å². The summed E-state index contributed by atoms with van der Waals surface area (Å²) in [6, 6.07) is 11.2. The fraction of sp³-hybridized carbons (Fsp3) is 0.333. The molecule has 1 amide bonds. The van der Waals surface area contributed by atoms with Gasteiger partial charge in [-0.2, -0.15) is 5.26 Å². The van der Waals surface area contributed by atoms with Crippen molar-refractivity contribution in [3.63, 3.8) is 0 Å². The number of hydrogen-bond donors (Lipinski definition) is 1. The topological polar surface area (TPSA) is 84.3 Å². The lowest BCUT2D eigenvalue weighted by Crippen LogP contribution is -2.42. The first-order valence-corrected chi connectivity index (χ1v) is 8.44. The van der Waals surface area contributed by atoms with Gasteiger partial charge in [0, 0.05) is 30.2 Å². The third-order valence-electron chi connectivity index (χ3n) is 4.30. The summed E-state index contributed by atoms with van der Waals surface area (Å²) < 4.78 is 6.99. The molecule has 1 aromatic heterocycles. The van der Waals surface area contributed by atoms with Crippen LogP contribution in [0.4, 0.5) is 5.69 Å². The van der Waals surface area contributed by atoms with Gasteiger partial charge < -0.3 is 19.9 Å². The maximum atomic E-state index is 12.6. The largest absolute Gasteiger partial charge is 0.397 e. The second-order valence-electron chi connectivity index (χ2n) is 5.93. The molecule has 7 heteroatoms. The van der Waals surface area contributed by atoms with Gasteiger partial charge >= 0.3 is 0 Å². The van der Waals surface area contributed by atoms with Crippen molar-refractivity contribution in [3.05, 3.63) is 52.3 Å². The lowest BCUT2D eigenvalue weighted by molar-refractivity contribution is -0.135. The Kier molecular flexibility index (Phi) is 5.27. The average Bonchev–Trinajstić information content (AvgIpc) is 2.93. The zero-order valence-electron chi connectivity index (χ0n) is 13.7. The number of rotatable bonds is 4. The maximum Gasteiger partial charge on any atom is 0.242 e. The van der Waals surface area contributed by atoms with E-state index in [2.05, 4.69) is 6.07 Å². The summed E-state index contributed by atoms with van der Waals surface area (Å²) in [5, 5.41) is 10.1. The third-order valence-corrected chi connectivity index (χ3v) is 4.55. The normalized spacial score (nSPS) is 14.3. The van der Waals surface area contributed by atoms with Crippen LogP contribution >= 0.6 is 11.6 Å². The minimum atomic E-state index is -0.0345. The van der Waals surface area contributed by atoms with Gasteiger partial charge in [0.05, 0.1) is 18.9 Å². The van der Waals surface area contributed by atoms with E-state index in [9.17, 15) is 10.1 Å². The highest BCUT2D eigenvalue weighted by Gasteiger charge is 2.21. The van der Waals surface area contributed by atoms with Crippen LogP contribution in [-0.4, -0.2) is 41.7 Å². The molecule has 2 heterocycles. The molecular weight excluding hydrogens is 340 g/mol. The Labute approximate surface area is 151 Å². The van der Waals surface area contributed by atoms with Crippen LogP contribution in [0.5, 0.6) is 0 Å². The summed E-state index contributed by atoms with van der Waals surface area (Å²) in [4.78, 5) is 14.3. The average molecular weight is 359 g/mol. The van der Waals surface area contributed by atoms with Gasteiger partial charge in [-0.15, -0.1) is 0 Å². The number of nitrogens with two attached hydrogens (primary N) is 1. The van der Waals surface area contributed by atoms with E-state index >= 15 is 0 Å². The lowest BCUT2D eigenvalue weighted by atomic mass is 10.1. The minimum absolute atomic E-state index is 0.0345. The summed E-state index contributed by atoms with van der Waals surface area (Å²) in [5.74, 6) is -0.0345. The van der Waals surface area contributed by atoms with Crippen LogP contribution in [0.15, 0.2) is 30.3 Å². The SMILES string of the molecule is N#Cc1cc(N)c(Cc2ccc(Cl)cc2)n1CC(=O)N1CCOCC1. The molecule has 1 aliphatic heterocycles. The van der Waals surface area contributed by atoms with Crippen LogP contribution in [0, 0.1) is 11.3 Å². The third kappa shape index (κ3) is 3.95. The van der Waals surface area contributed by atoms with Gasteiger partial charge in [0.2, 0.25) is 5.91 Å². The molecule has 1 aliphatic rings. The fourth-order valence-corrected chi connectivity index (χ4v) is 3.05. The second-order valence-corrected chi connectivity index (χ2v) is 6.36. The van der Waals surface area contributed by atoms with Crippen molar-refractivity contribution < 1.29 is 9.53 Å². The molecule has 0 bridgehead atoms. The molecule has 2 aromatic rings. The minimum Gasteiger partial charge on any atom is -0.397 e. The van der Waals surface area contributed by atoms with E-state index in [0.29, 0.717) is 49.1 Å². The van der Waals surface area contributed by atoms with Gasteiger partial charge in [-0.25, -0.2) is 0 Å². The van der Waals surface area contributed by atoms with Gasteiger partial charge in [-0.1, -0.05) is 23.7 Å². The van der Waals surface area contributed by atoms with E-state index in [1.807, 2.05) is 24.3 Å². The molecule has 0 unspecified atom stereocenters. The van der Waals surface area contributed by atoms with Crippen LogP contribution in [0.1, 0.15) is 17.0 Å². The predicted octanol–water partition coefficient (Wildman–Crippen LogP) is 2.04. The Balaban J connectivity index is 1.85. The van der Waals surface area contributed by atoms with E-state index < -0.39 is 0 Å². The van der Waals surface area contributed by atoms with Crippen molar-refractivity contribution in [1.29, 1.82) is 5.26 Å². The van der Waals surface area contributed by atoms with E-state index in [-0.39, 0.29) is 12.5 Å². The molecule has 0 atom stereocenters. The summed E-state index contributed by atoms with van der Waals surface area (Å²) in [6.07, 6.45) is 0.529. The van der Waals surface area contributed by atoms with Gasteiger partial charge in [0.1, 0.15) is 18.3 Å². The molecule has 130 valence electrons. The Morgan fingerprint density at radius 3 is 2.60 bits per heavy atom. The number of nitrogens with zero attached hydrogens (tertiary/aromatic N) is 3. The zero-order valence-corrected chi connectivity index (χ0v) is 14.5. The van der Waals surface area contributed by atoms with Crippen LogP contribution in [0.2, 0.25) is 5.02 Å². The van der Waals surface area contributed by atoms with E-state index in [4.69, 9.17) is 22.1 Å². The Morgan fingerprint density at radius 1 is 1.28 bits per heavy atom. The summed E-state index contributed by atoms with van der Waals surface area (Å²) in [7, 11) is 0. The molecule has 0 saturated carbocycles. The van der Waals surface area contributed by atoms with Crippen LogP contribution in [-0.2, 0) is 22.5 Å². The Hall–Kier alpha value is -2.49. The van der Waals surface area contributed by atoms with Gasteiger partial charge in [0.15, 0.2) is 0 Å². The van der Waals surface area contributed by atoms with Crippen molar-refractivity contribution in [2.45, 2.75) is 13.0 Å². The highest BCUT2D eigenvalue weighted by molar-refractivity contribution is 6.30. The molecule has 6 nitrogen and oxygen atoms in total. The summed E-state index contributed by atoms with van der Waals surface area (Å²) >= 11 is 5.93. The first-order chi connectivity index (χ1) is 12.1.